The van der Waals surface area contributed by atoms with E-state index in [1.165, 1.54) is 0 Å². The van der Waals surface area contributed by atoms with Crippen molar-refractivity contribution in [3.63, 3.8) is 0 Å². The zero-order valence-electron chi connectivity index (χ0n) is 7.28. The van der Waals surface area contributed by atoms with Crippen LogP contribution >= 0.6 is 0 Å². The highest BCUT2D eigenvalue weighted by Crippen LogP contribution is 2.05. The summed E-state index contributed by atoms with van der Waals surface area (Å²) in [5.41, 5.74) is 0. The van der Waals surface area contributed by atoms with Crippen molar-refractivity contribution < 1.29 is 15.4 Å². The predicted octanol–water partition coefficient (Wildman–Crippen LogP) is 0.126. The molecule has 0 bridgehead atoms. The van der Waals surface area contributed by atoms with E-state index in [-0.39, 0.29) is 0 Å². The molecule has 13 heavy (non-hydrogen) atoms. The summed E-state index contributed by atoms with van der Waals surface area (Å²) in [7, 11) is 1.86. The van der Waals surface area contributed by atoms with Gasteiger partial charge in [-0.2, -0.15) is 0 Å². The first-order valence-corrected chi connectivity index (χ1v) is 3.43. The van der Waals surface area contributed by atoms with Gasteiger partial charge in [0.05, 0.1) is 0 Å². The lowest BCUT2D eigenvalue weighted by Gasteiger charge is -2.01. The highest BCUT2D eigenvalue weighted by molar-refractivity contribution is 4.93. The molecule has 1 aromatic rings. The van der Waals surface area contributed by atoms with E-state index in [9.17, 15) is 0 Å². The molecule has 0 radical (unpaired) electrons. The fourth-order valence-corrected chi connectivity index (χ4v) is 0.780. The largest absolute Gasteiger partial charge is 0.385 e. The molecule has 7 nitrogen and oxygen atoms in total. The van der Waals surface area contributed by atoms with Crippen molar-refractivity contribution in [2.24, 2.45) is 7.05 Å². The molecule has 0 aliphatic rings. The quantitative estimate of drug-likeness (QED) is 0.482. The molecule has 1 rings (SSSR count). The van der Waals surface area contributed by atoms with Crippen LogP contribution < -0.4 is 0 Å². The Balaban J connectivity index is 0.000000310. The Morgan fingerprint density at radius 1 is 1.77 bits per heavy atom. The lowest BCUT2D eigenvalue weighted by atomic mass is 10.4. The van der Waals surface area contributed by atoms with Crippen LogP contribution in [0.1, 0.15) is 18.9 Å². The van der Waals surface area contributed by atoms with Crippen LogP contribution in [0.15, 0.2) is 12.4 Å². The van der Waals surface area contributed by atoms with E-state index in [2.05, 4.69) is 4.98 Å². The Bertz CT molecular complexity index is 267. The first-order valence-electron chi connectivity index (χ1n) is 3.43. The summed E-state index contributed by atoms with van der Waals surface area (Å²) in [6.45, 7) is 1.70. The third-order valence-corrected chi connectivity index (χ3v) is 1.23. The van der Waals surface area contributed by atoms with Gasteiger partial charge in [-0.3, -0.25) is 0 Å². The molecule has 0 saturated carbocycles. The Morgan fingerprint density at radius 3 is 2.38 bits per heavy atom. The lowest BCUT2D eigenvalue weighted by molar-refractivity contribution is -0.742. The Kier molecular flexibility index (Phi) is 4.45. The van der Waals surface area contributed by atoms with E-state index >= 15 is 0 Å². The summed E-state index contributed by atoms with van der Waals surface area (Å²) in [6.07, 6.45) is 3.01. The second kappa shape index (κ2) is 5.09. The average Bonchev–Trinajstić information content (AvgIpc) is 2.33. The molecule has 0 aromatic carbocycles. The minimum absolute atomic E-state index is 0.468. The van der Waals surface area contributed by atoms with Gasteiger partial charge in [0.2, 0.25) is 0 Å². The predicted molar refractivity (Wildman–Crippen MR) is 42.6 cm³/mol. The number of aliphatic hydroxyl groups is 1. The minimum Gasteiger partial charge on any atom is -0.385 e. The Hall–Kier alpha value is -1.63. The molecule has 0 saturated heterocycles. The molecule has 7 heteroatoms. The molecule has 1 unspecified atom stereocenters. The first kappa shape index (κ1) is 11.4. The van der Waals surface area contributed by atoms with Crippen LogP contribution in [0.5, 0.6) is 0 Å². The molecule has 2 N–H and O–H groups in total. The average molecular weight is 189 g/mol. The van der Waals surface area contributed by atoms with Crippen molar-refractivity contribution in [1.29, 1.82) is 0 Å². The fraction of sp³-hybridized carbons (Fsp3) is 0.500. The normalized spacial score (nSPS) is 11.3. The SMILES string of the molecule is CC(O)c1nccn1C.O=[N+]([O-])O. The van der Waals surface area contributed by atoms with Crippen molar-refractivity contribution in [1.82, 2.24) is 9.55 Å². The van der Waals surface area contributed by atoms with Crippen LogP contribution in [-0.2, 0) is 7.05 Å². The fourth-order valence-electron chi connectivity index (χ4n) is 0.780. The lowest BCUT2D eigenvalue weighted by Crippen LogP contribution is -2.00. The summed E-state index contributed by atoms with van der Waals surface area (Å²) in [6, 6.07) is 0. The van der Waals surface area contributed by atoms with Crippen LogP contribution in [0.3, 0.4) is 0 Å². The van der Waals surface area contributed by atoms with Gasteiger partial charge in [0.25, 0.3) is 5.09 Å². The summed E-state index contributed by atoms with van der Waals surface area (Å²) < 4.78 is 1.80. The zero-order chi connectivity index (χ0) is 10.4. The number of hydrogen-bond donors (Lipinski definition) is 2. The zero-order valence-corrected chi connectivity index (χ0v) is 7.28. The summed E-state index contributed by atoms with van der Waals surface area (Å²) in [5.74, 6) is 0.704. The summed E-state index contributed by atoms with van der Waals surface area (Å²) in [4.78, 5) is 12.3. The topological polar surface area (TPSA) is 101 Å². The highest BCUT2D eigenvalue weighted by Gasteiger charge is 2.03. The molecule has 0 aliphatic carbocycles. The van der Waals surface area contributed by atoms with E-state index in [1.54, 1.807) is 17.7 Å². The van der Waals surface area contributed by atoms with E-state index in [0.717, 1.165) is 0 Å². The molecular weight excluding hydrogens is 178 g/mol. The van der Waals surface area contributed by atoms with Crippen LogP contribution in [0.25, 0.3) is 0 Å². The van der Waals surface area contributed by atoms with Gasteiger partial charge in [0, 0.05) is 19.4 Å². The molecule has 1 atom stereocenters. The monoisotopic (exact) mass is 189 g/mol. The first-order chi connectivity index (χ1) is 5.95. The number of nitrogens with zero attached hydrogens (tertiary/aromatic N) is 3. The minimum atomic E-state index is -1.50. The maximum absolute atomic E-state index is 9.01. The molecule has 1 aromatic heterocycles. The molecule has 0 aliphatic heterocycles. The van der Waals surface area contributed by atoms with Gasteiger partial charge in [0.15, 0.2) is 0 Å². The van der Waals surface area contributed by atoms with Crippen molar-refractivity contribution in [2.45, 2.75) is 13.0 Å². The summed E-state index contributed by atoms with van der Waals surface area (Å²) >= 11 is 0. The van der Waals surface area contributed by atoms with Crippen molar-refractivity contribution in [3.05, 3.63) is 28.3 Å². The number of aromatic nitrogens is 2. The molecule has 74 valence electrons. The second-order valence-corrected chi connectivity index (χ2v) is 2.31. The van der Waals surface area contributed by atoms with Gasteiger partial charge >= 0.3 is 0 Å². The van der Waals surface area contributed by atoms with Crippen LogP contribution in [-0.4, -0.2) is 25.0 Å². The van der Waals surface area contributed by atoms with E-state index in [4.69, 9.17) is 20.4 Å². The maximum atomic E-state index is 9.01. The van der Waals surface area contributed by atoms with E-state index < -0.39 is 11.2 Å². The number of rotatable bonds is 1. The third-order valence-electron chi connectivity index (χ3n) is 1.23. The van der Waals surface area contributed by atoms with Gasteiger partial charge in [0.1, 0.15) is 11.9 Å². The van der Waals surface area contributed by atoms with Gasteiger partial charge in [-0.05, 0) is 6.92 Å². The Labute approximate surface area is 74.4 Å². The second-order valence-electron chi connectivity index (χ2n) is 2.31. The molecule has 0 spiro atoms. The third kappa shape index (κ3) is 4.75. The van der Waals surface area contributed by atoms with Crippen molar-refractivity contribution in [2.75, 3.05) is 0 Å². The molecule has 0 amide bonds. The number of hydrogen-bond acceptors (Lipinski definition) is 4. The summed E-state index contributed by atoms with van der Waals surface area (Å²) in [5, 5.41) is 22.6. The van der Waals surface area contributed by atoms with Gasteiger partial charge in [-0.25, -0.2) is 4.98 Å². The molecule has 1 heterocycles. The molecule has 0 fully saturated rings. The number of imidazole rings is 1. The van der Waals surface area contributed by atoms with Crippen LogP contribution in [0.2, 0.25) is 0 Å². The number of aryl methyl sites for hydroxylation is 1. The Morgan fingerprint density at radius 2 is 2.23 bits per heavy atom. The maximum Gasteiger partial charge on any atom is 0.291 e. The van der Waals surface area contributed by atoms with Crippen LogP contribution in [0.4, 0.5) is 0 Å². The smallest absolute Gasteiger partial charge is 0.291 e. The molecular formula is C6H11N3O4. The van der Waals surface area contributed by atoms with Gasteiger partial charge in [-0.1, -0.05) is 0 Å². The number of aliphatic hydroxyl groups excluding tert-OH is 1. The van der Waals surface area contributed by atoms with Crippen molar-refractivity contribution in [3.8, 4) is 0 Å². The van der Waals surface area contributed by atoms with Crippen molar-refractivity contribution >= 4 is 0 Å². The van der Waals surface area contributed by atoms with Gasteiger partial charge < -0.3 is 14.9 Å². The highest BCUT2D eigenvalue weighted by atomic mass is 16.9. The standard InChI is InChI=1S/C6H10N2O.HNO3/c1-5(9)6-7-3-4-8(6)2;2-1(3)4/h3-5,9H,1-2H3;(H,2,3,4). The van der Waals surface area contributed by atoms with E-state index in [1.807, 2.05) is 13.2 Å². The van der Waals surface area contributed by atoms with Gasteiger partial charge in [-0.15, -0.1) is 10.1 Å². The van der Waals surface area contributed by atoms with E-state index in [0.29, 0.717) is 5.82 Å². The van der Waals surface area contributed by atoms with Crippen LogP contribution in [0, 0.1) is 10.1 Å².